The number of nitrogens with one attached hydrogen (secondary N) is 2. The zero-order valence-electron chi connectivity index (χ0n) is 19.7. The van der Waals surface area contributed by atoms with E-state index in [-0.39, 0.29) is 24.6 Å². The number of H-pyrrole nitrogens is 1. The lowest BCUT2D eigenvalue weighted by molar-refractivity contribution is -0.138. The molecule has 1 saturated heterocycles. The van der Waals surface area contributed by atoms with Crippen molar-refractivity contribution >= 4 is 10.9 Å². The van der Waals surface area contributed by atoms with Gasteiger partial charge in [-0.3, -0.25) is 9.47 Å². The van der Waals surface area contributed by atoms with E-state index < -0.39 is 18.0 Å². The van der Waals surface area contributed by atoms with Gasteiger partial charge in [0.1, 0.15) is 12.7 Å². The van der Waals surface area contributed by atoms with E-state index in [0.717, 1.165) is 35.5 Å². The smallest absolute Gasteiger partial charge is 0.361 e. The zero-order valence-corrected chi connectivity index (χ0v) is 19.7. The van der Waals surface area contributed by atoms with Crippen LogP contribution in [0.15, 0.2) is 61.3 Å². The van der Waals surface area contributed by atoms with Crippen LogP contribution in [0.2, 0.25) is 0 Å². The van der Waals surface area contributed by atoms with Crippen LogP contribution in [0.3, 0.4) is 0 Å². The molecule has 0 saturated carbocycles. The summed E-state index contributed by atoms with van der Waals surface area (Å²) in [6, 6.07) is 11.5. The number of halogens is 4. The highest BCUT2D eigenvalue weighted by atomic mass is 19.4. The minimum atomic E-state index is -4.40. The maximum Gasteiger partial charge on any atom is 0.416 e. The fraction of sp³-hybridized carbons (Fsp3) is 0.385. The SMILES string of the molecule is FC1CC(NCc2ccccc2C(F)(F)F)CCN1CCCc1c[nH]c2ccc(-n3cnnc3)cc12. The van der Waals surface area contributed by atoms with Gasteiger partial charge in [0.05, 0.1) is 5.56 Å². The first-order chi connectivity index (χ1) is 17.4. The van der Waals surface area contributed by atoms with Gasteiger partial charge in [-0.25, -0.2) is 4.39 Å². The Hall–Kier alpha value is -3.24. The Morgan fingerprint density at radius 3 is 2.64 bits per heavy atom. The predicted molar refractivity (Wildman–Crippen MR) is 129 cm³/mol. The van der Waals surface area contributed by atoms with Crippen LogP contribution >= 0.6 is 0 Å². The number of hydrogen-bond acceptors (Lipinski definition) is 4. The second-order valence-corrected chi connectivity index (χ2v) is 9.24. The molecule has 1 aliphatic heterocycles. The van der Waals surface area contributed by atoms with Crippen LogP contribution in [0.1, 0.15) is 36.0 Å². The van der Waals surface area contributed by atoms with Crippen molar-refractivity contribution in [2.75, 3.05) is 13.1 Å². The van der Waals surface area contributed by atoms with Gasteiger partial charge in [0.25, 0.3) is 0 Å². The third kappa shape index (κ3) is 5.44. The van der Waals surface area contributed by atoms with E-state index >= 15 is 0 Å². The molecule has 1 fully saturated rings. The number of alkyl halides is 4. The summed E-state index contributed by atoms with van der Waals surface area (Å²) >= 11 is 0. The molecule has 2 aromatic carbocycles. The van der Waals surface area contributed by atoms with Crippen LogP contribution in [-0.4, -0.2) is 50.1 Å². The fourth-order valence-electron chi connectivity index (χ4n) is 4.95. The van der Waals surface area contributed by atoms with Crippen LogP contribution in [-0.2, 0) is 19.1 Å². The van der Waals surface area contributed by atoms with Gasteiger partial charge in [0, 0.05) is 54.9 Å². The standard InChI is InChI=1S/C26H28F4N6/c27-25-12-20(31-15-19-4-1-2-6-23(19)26(28,29)30)9-11-35(25)10-3-5-18-14-32-24-8-7-21(13-22(18)24)36-16-33-34-17-36/h1-2,4,6-8,13-14,16-17,20,25,31-32H,3,5,9-12,15H2. The van der Waals surface area contributed by atoms with Gasteiger partial charge in [-0.2, -0.15) is 13.2 Å². The van der Waals surface area contributed by atoms with E-state index in [4.69, 9.17) is 0 Å². The van der Waals surface area contributed by atoms with Crippen molar-refractivity contribution in [2.45, 2.75) is 50.7 Å². The van der Waals surface area contributed by atoms with Gasteiger partial charge in [-0.05, 0) is 54.7 Å². The summed E-state index contributed by atoms with van der Waals surface area (Å²) in [5.74, 6) is 0. The monoisotopic (exact) mass is 500 g/mol. The molecule has 0 amide bonds. The number of aromatic nitrogens is 4. The third-order valence-electron chi connectivity index (χ3n) is 6.90. The van der Waals surface area contributed by atoms with Crippen molar-refractivity contribution in [2.24, 2.45) is 0 Å². The third-order valence-corrected chi connectivity index (χ3v) is 6.90. The second-order valence-electron chi connectivity index (χ2n) is 9.24. The highest BCUT2D eigenvalue weighted by molar-refractivity contribution is 5.85. The molecule has 2 unspecified atom stereocenters. The fourth-order valence-corrected chi connectivity index (χ4v) is 4.95. The van der Waals surface area contributed by atoms with Crippen LogP contribution in [0.25, 0.3) is 16.6 Å². The first-order valence-corrected chi connectivity index (χ1v) is 12.1. The molecular weight excluding hydrogens is 472 g/mol. The van der Waals surface area contributed by atoms with Gasteiger partial charge in [-0.15, -0.1) is 10.2 Å². The van der Waals surface area contributed by atoms with Crippen LogP contribution < -0.4 is 5.32 Å². The average molecular weight is 501 g/mol. The van der Waals surface area contributed by atoms with Crippen molar-refractivity contribution in [3.63, 3.8) is 0 Å². The van der Waals surface area contributed by atoms with Crippen LogP contribution in [0.5, 0.6) is 0 Å². The number of aryl methyl sites for hydroxylation is 1. The molecule has 3 heterocycles. The quantitative estimate of drug-likeness (QED) is 0.256. The Morgan fingerprint density at radius 1 is 1.06 bits per heavy atom. The first-order valence-electron chi connectivity index (χ1n) is 12.1. The molecule has 0 aliphatic carbocycles. The van der Waals surface area contributed by atoms with E-state index in [9.17, 15) is 17.6 Å². The summed E-state index contributed by atoms with van der Waals surface area (Å²) in [4.78, 5) is 5.13. The molecule has 6 nitrogen and oxygen atoms in total. The van der Waals surface area contributed by atoms with E-state index in [1.807, 2.05) is 27.8 Å². The molecule has 4 aromatic rings. The van der Waals surface area contributed by atoms with E-state index in [1.54, 1.807) is 18.7 Å². The highest BCUT2D eigenvalue weighted by Gasteiger charge is 2.33. The molecular formula is C26H28F4N6. The zero-order chi connectivity index (χ0) is 25.1. The van der Waals surface area contributed by atoms with Crippen molar-refractivity contribution in [1.29, 1.82) is 0 Å². The lowest BCUT2D eigenvalue weighted by Crippen LogP contribution is -2.47. The maximum atomic E-state index is 14.9. The van der Waals surface area contributed by atoms with E-state index in [1.165, 1.54) is 17.7 Å². The normalized spacial score (nSPS) is 19.2. The van der Waals surface area contributed by atoms with Gasteiger partial charge >= 0.3 is 6.18 Å². The first kappa shape index (κ1) is 24.5. The predicted octanol–water partition coefficient (Wildman–Crippen LogP) is 5.25. The topological polar surface area (TPSA) is 61.8 Å². The molecule has 0 bridgehead atoms. The molecule has 1 aliphatic rings. The second kappa shape index (κ2) is 10.4. The lowest BCUT2D eigenvalue weighted by Gasteiger charge is -2.35. The minimum absolute atomic E-state index is 0.0742. The number of aromatic amines is 1. The summed E-state index contributed by atoms with van der Waals surface area (Å²) in [6.45, 7) is 1.28. The maximum absolute atomic E-state index is 14.9. The number of rotatable bonds is 8. The van der Waals surface area contributed by atoms with Crippen LogP contribution in [0, 0.1) is 0 Å². The van der Waals surface area contributed by atoms with E-state index in [0.29, 0.717) is 19.5 Å². The van der Waals surface area contributed by atoms with Crippen molar-refractivity contribution in [3.05, 3.63) is 78.0 Å². The number of hydrogen-bond donors (Lipinski definition) is 2. The molecule has 190 valence electrons. The largest absolute Gasteiger partial charge is 0.416 e. The van der Waals surface area contributed by atoms with Gasteiger partial charge in [0.15, 0.2) is 6.30 Å². The van der Waals surface area contributed by atoms with E-state index in [2.05, 4.69) is 26.6 Å². The molecule has 36 heavy (non-hydrogen) atoms. The van der Waals surface area contributed by atoms with Gasteiger partial charge in [-0.1, -0.05) is 18.2 Å². The number of piperidine rings is 1. The Balaban J connectivity index is 1.12. The molecule has 0 spiro atoms. The summed E-state index contributed by atoms with van der Waals surface area (Å²) in [7, 11) is 0. The summed E-state index contributed by atoms with van der Waals surface area (Å²) < 4.78 is 56.4. The number of fused-ring (bicyclic) bond motifs is 1. The summed E-state index contributed by atoms with van der Waals surface area (Å²) in [6.07, 6.45) is 2.39. The van der Waals surface area contributed by atoms with Crippen molar-refractivity contribution < 1.29 is 17.6 Å². The lowest BCUT2D eigenvalue weighted by atomic mass is 10.0. The molecule has 2 N–H and O–H groups in total. The number of likely N-dealkylation sites (tertiary alicyclic amines) is 1. The Kier molecular flexibility index (Phi) is 7.06. The molecule has 2 atom stereocenters. The molecule has 10 heteroatoms. The number of benzene rings is 2. The highest BCUT2D eigenvalue weighted by Crippen LogP contribution is 2.32. The molecule has 2 aromatic heterocycles. The summed E-state index contributed by atoms with van der Waals surface area (Å²) in [5, 5.41) is 12.0. The average Bonchev–Trinajstić information content (AvgIpc) is 3.54. The Morgan fingerprint density at radius 2 is 1.86 bits per heavy atom. The number of nitrogens with zero attached hydrogens (tertiary/aromatic N) is 4. The Labute approximate surface area is 206 Å². The summed E-state index contributed by atoms with van der Waals surface area (Å²) in [5.41, 5.74) is 2.75. The van der Waals surface area contributed by atoms with Crippen molar-refractivity contribution in [1.82, 2.24) is 30.0 Å². The van der Waals surface area contributed by atoms with Crippen LogP contribution in [0.4, 0.5) is 17.6 Å². The Bertz CT molecular complexity index is 1280. The molecule has 5 rings (SSSR count). The minimum Gasteiger partial charge on any atom is -0.361 e. The van der Waals surface area contributed by atoms with Gasteiger partial charge in [0.2, 0.25) is 0 Å². The van der Waals surface area contributed by atoms with Crippen molar-refractivity contribution in [3.8, 4) is 5.69 Å². The van der Waals surface area contributed by atoms with Gasteiger partial charge < -0.3 is 10.3 Å². The molecule has 0 radical (unpaired) electrons.